The summed E-state index contributed by atoms with van der Waals surface area (Å²) in [5.74, 6) is -1.03. The summed E-state index contributed by atoms with van der Waals surface area (Å²) in [6, 6.07) is 8.52. The van der Waals surface area contributed by atoms with E-state index in [0.29, 0.717) is 18.9 Å². The van der Waals surface area contributed by atoms with Crippen molar-refractivity contribution in [2.24, 2.45) is 0 Å². The van der Waals surface area contributed by atoms with Crippen LogP contribution < -0.4 is 4.31 Å². The molecule has 0 atom stereocenters. The van der Waals surface area contributed by atoms with Crippen LogP contribution in [0.1, 0.15) is 6.42 Å². The molecule has 1 fully saturated rings. The lowest BCUT2D eigenvalue weighted by Crippen LogP contribution is -2.49. The zero-order chi connectivity index (χ0) is 15.3. The Morgan fingerprint density at radius 2 is 1.86 bits per heavy atom. The van der Waals surface area contributed by atoms with Crippen LogP contribution in [0.4, 0.5) is 5.69 Å². The Morgan fingerprint density at radius 3 is 2.43 bits per heavy atom. The average Bonchev–Trinajstić information content (AvgIpc) is 2.49. The van der Waals surface area contributed by atoms with E-state index in [4.69, 9.17) is 9.84 Å². The molecule has 0 aliphatic carbocycles. The number of anilines is 1. The van der Waals surface area contributed by atoms with Crippen molar-refractivity contribution in [2.45, 2.75) is 6.42 Å². The summed E-state index contributed by atoms with van der Waals surface area (Å²) in [5, 5.41) is 8.83. The first kappa shape index (κ1) is 15.7. The van der Waals surface area contributed by atoms with Crippen molar-refractivity contribution in [3.8, 4) is 0 Å². The van der Waals surface area contributed by atoms with Crippen LogP contribution in [0.15, 0.2) is 30.3 Å². The van der Waals surface area contributed by atoms with E-state index in [2.05, 4.69) is 0 Å². The molecule has 21 heavy (non-hydrogen) atoms. The third kappa shape index (κ3) is 3.93. The summed E-state index contributed by atoms with van der Waals surface area (Å²) in [4.78, 5) is 10.8. The summed E-state index contributed by atoms with van der Waals surface area (Å²) in [6.45, 7) is 1.15. The van der Waals surface area contributed by atoms with Crippen LogP contribution in [0, 0.1) is 0 Å². The van der Waals surface area contributed by atoms with Crippen molar-refractivity contribution in [2.75, 3.05) is 37.2 Å². The van der Waals surface area contributed by atoms with Crippen LogP contribution in [-0.2, 0) is 19.7 Å². The van der Waals surface area contributed by atoms with Gasteiger partial charge in [-0.1, -0.05) is 18.2 Å². The van der Waals surface area contributed by atoms with E-state index in [0.717, 1.165) is 4.31 Å². The van der Waals surface area contributed by atoms with Gasteiger partial charge in [-0.25, -0.2) is 0 Å². The number of benzene rings is 1. The van der Waals surface area contributed by atoms with Gasteiger partial charge in [-0.15, -0.1) is 0 Å². The number of rotatable bonds is 6. The second kappa shape index (κ2) is 6.88. The number of ether oxygens (including phenoxy) is 1. The van der Waals surface area contributed by atoms with Crippen LogP contribution in [0.25, 0.3) is 0 Å². The number of morpholine rings is 1. The molecule has 0 saturated carbocycles. The van der Waals surface area contributed by atoms with Crippen LogP contribution in [0.3, 0.4) is 0 Å². The monoisotopic (exact) mass is 314 g/mol. The fourth-order valence-electron chi connectivity index (χ4n) is 2.09. The van der Waals surface area contributed by atoms with E-state index in [1.807, 2.05) is 0 Å². The number of hydrogen-bond donors (Lipinski definition) is 1. The average molecular weight is 314 g/mol. The number of carboxylic acids is 1. The van der Waals surface area contributed by atoms with Gasteiger partial charge in [0.15, 0.2) is 0 Å². The lowest BCUT2D eigenvalue weighted by Gasteiger charge is -2.33. The van der Waals surface area contributed by atoms with Crippen molar-refractivity contribution in [1.29, 1.82) is 0 Å². The van der Waals surface area contributed by atoms with Crippen molar-refractivity contribution in [3.05, 3.63) is 30.3 Å². The van der Waals surface area contributed by atoms with Gasteiger partial charge < -0.3 is 9.84 Å². The van der Waals surface area contributed by atoms with Crippen LogP contribution >= 0.6 is 0 Å². The molecule has 0 radical (unpaired) electrons. The van der Waals surface area contributed by atoms with Gasteiger partial charge in [-0.2, -0.15) is 12.7 Å². The zero-order valence-corrected chi connectivity index (χ0v) is 12.3. The number of carboxylic acid groups (broad SMARTS) is 1. The number of carbonyl (C=O) groups is 1. The smallest absolute Gasteiger partial charge is 0.305 e. The number of para-hydroxylation sites is 1. The molecule has 1 aromatic carbocycles. The second-order valence-electron chi connectivity index (χ2n) is 4.57. The van der Waals surface area contributed by atoms with Crippen molar-refractivity contribution < 1.29 is 23.1 Å². The fraction of sp³-hybridized carbons (Fsp3) is 0.462. The van der Waals surface area contributed by atoms with Gasteiger partial charge in [-0.05, 0) is 12.1 Å². The highest BCUT2D eigenvalue weighted by Gasteiger charge is 2.31. The Balaban J connectivity index is 2.27. The van der Waals surface area contributed by atoms with E-state index in [1.165, 1.54) is 4.31 Å². The van der Waals surface area contributed by atoms with Crippen LogP contribution in [0.5, 0.6) is 0 Å². The van der Waals surface area contributed by atoms with Gasteiger partial charge in [0, 0.05) is 19.6 Å². The van der Waals surface area contributed by atoms with E-state index in [9.17, 15) is 13.2 Å². The maximum Gasteiger partial charge on any atom is 0.305 e. The highest BCUT2D eigenvalue weighted by atomic mass is 32.2. The third-order valence-corrected chi connectivity index (χ3v) is 5.12. The Morgan fingerprint density at radius 1 is 1.24 bits per heavy atom. The first-order chi connectivity index (χ1) is 10.0. The third-order valence-electron chi connectivity index (χ3n) is 3.15. The quantitative estimate of drug-likeness (QED) is 0.828. The van der Waals surface area contributed by atoms with Crippen LogP contribution in [0.2, 0.25) is 0 Å². The largest absolute Gasteiger partial charge is 0.481 e. The molecule has 2 rings (SSSR count). The molecule has 0 unspecified atom stereocenters. The molecule has 1 saturated heterocycles. The molecular weight excluding hydrogens is 296 g/mol. The predicted molar refractivity (Wildman–Crippen MR) is 77.4 cm³/mol. The second-order valence-corrected chi connectivity index (χ2v) is 6.42. The van der Waals surface area contributed by atoms with Gasteiger partial charge in [0.25, 0.3) is 0 Å². The van der Waals surface area contributed by atoms with E-state index in [1.54, 1.807) is 30.3 Å². The molecule has 7 nitrogen and oxygen atoms in total. The minimum atomic E-state index is -3.75. The van der Waals surface area contributed by atoms with Gasteiger partial charge in [0.05, 0.1) is 25.3 Å². The van der Waals surface area contributed by atoms with Crippen molar-refractivity contribution in [1.82, 2.24) is 4.31 Å². The Hall–Kier alpha value is -1.64. The molecule has 1 aliphatic heterocycles. The topological polar surface area (TPSA) is 87.2 Å². The van der Waals surface area contributed by atoms with E-state index < -0.39 is 16.2 Å². The first-order valence-electron chi connectivity index (χ1n) is 6.64. The summed E-state index contributed by atoms with van der Waals surface area (Å²) in [7, 11) is -3.75. The number of nitrogens with zero attached hydrogens (tertiary/aromatic N) is 2. The molecule has 0 bridgehead atoms. The molecule has 1 heterocycles. The van der Waals surface area contributed by atoms with Gasteiger partial charge >= 0.3 is 16.2 Å². The minimum Gasteiger partial charge on any atom is -0.481 e. The lowest BCUT2D eigenvalue weighted by atomic mass is 10.3. The molecule has 1 aliphatic rings. The number of hydrogen-bond acceptors (Lipinski definition) is 4. The maximum absolute atomic E-state index is 12.7. The highest BCUT2D eigenvalue weighted by Crippen LogP contribution is 2.21. The predicted octanol–water partition coefficient (Wildman–Crippen LogP) is 0.545. The Labute approximate surface area is 123 Å². The molecule has 0 amide bonds. The standard InChI is InChI=1S/C13H18N2O5S/c16-13(17)6-7-15(12-4-2-1-3-5-12)21(18,19)14-8-10-20-11-9-14/h1-5H,6-11H2,(H,16,17). The van der Waals surface area contributed by atoms with Gasteiger partial charge in [-0.3, -0.25) is 9.10 Å². The van der Waals surface area contributed by atoms with E-state index >= 15 is 0 Å². The van der Waals surface area contributed by atoms with Gasteiger partial charge in [0.2, 0.25) is 0 Å². The summed E-state index contributed by atoms with van der Waals surface area (Å²) < 4.78 is 33.0. The fourth-order valence-corrected chi connectivity index (χ4v) is 3.69. The molecule has 1 aromatic rings. The maximum atomic E-state index is 12.7. The normalized spacial score (nSPS) is 16.6. The van der Waals surface area contributed by atoms with Crippen molar-refractivity contribution in [3.63, 3.8) is 0 Å². The van der Waals surface area contributed by atoms with E-state index in [-0.39, 0.29) is 26.1 Å². The SMILES string of the molecule is O=C(O)CCN(c1ccccc1)S(=O)(=O)N1CCOCC1. The Kier molecular flexibility index (Phi) is 5.16. The van der Waals surface area contributed by atoms with Crippen LogP contribution in [-0.4, -0.2) is 56.6 Å². The molecule has 8 heteroatoms. The molecular formula is C13H18N2O5S. The molecule has 116 valence electrons. The molecule has 0 aromatic heterocycles. The zero-order valence-electron chi connectivity index (χ0n) is 11.5. The highest BCUT2D eigenvalue weighted by molar-refractivity contribution is 7.90. The summed E-state index contributed by atoms with van der Waals surface area (Å²) >= 11 is 0. The lowest BCUT2D eigenvalue weighted by molar-refractivity contribution is -0.136. The number of aliphatic carboxylic acids is 1. The molecule has 0 spiro atoms. The minimum absolute atomic E-state index is 0.0982. The Bertz CT molecular complexity index is 569. The van der Waals surface area contributed by atoms with Gasteiger partial charge in [0.1, 0.15) is 0 Å². The summed E-state index contributed by atoms with van der Waals surface area (Å²) in [5.41, 5.74) is 0.463. The first-order valence-corrected chi connectivity index (χ1v) is 8.04. The molecule has 1 N–H and O–H groups in total. The summed E-state index contributed by atoms with van der Waals surface area (Å²) in [6.07, 6.45) is -0.252. The van der Waals surface area contributed by atoms with Crippen molar-refractivity contribution >= 4 is 21.9 Å².